The number of benzene rings is 2. The molecule has 1 atom stereocenters. The van der Waals surface area contributed by atoms with Gasteiger partial charge in [0.25, 0.3) is 0 Å². The van der Waals surface area contributed by atoms with Gasteiger partial charge in [0.2, 0.25) is 5.91 Å². The maximum atomic E-state index is 12.5. The first kappa shape index (κ1) is 20.0. The number of hydrogen-bond acceptors (Lipinski definition) is 3. The van der Waals surface area contributed by atoms with Crippen molar-refractivity contribution in [2.45, 2.75) is 25.7 Å². The number of carbonyl (C=O) groups excluding carboxylic acids is 2. The maximum absolute atomic E-state index is 12.5. The number of rotatable bonds is 5. The van der Waals surface area contributed by atoms with Crippen LogP contribution in [0.4, 0.5) is 4.79 Å². The summed E-state index contributed by atoms with van der Waals surface area (Å²) in [7, 11) is 0. The molecule has 0 bridgehead atoms. The lowest BCUT2D eigenvalue weighted by atomic mass is 9.96. The third-order valence-electron chi connectivity index (χ3n) is 5.12. The van der Waals surface area contributed by atoms with Crippen molar-refractivity contribution in [2.75, 3.05) is 19.6 Å². The Kier molecular flexibility index (Phi) is 6.09. The molecule has 0 radical (unpaired) electrons. The summed E-state index contributed by atoms with van der Waals surface area (Å²) in [5.74, 6) is -0.194. The van der Waals surface area contributed by atoms with Gasteiger partial charge in [0.1, 0.15) is 5.75 Å². The van der Waals surface area contributed by atoms with Crippen molar-refractivity contribution in [3.63, 3.8) is 0 Å². The number of hydrogen-bond donors (Lipinski definition) is 3. The zero-order chi connectivity index (χ0) is 20.3. The highest BCUT2D eigenvalue weighted by molar-refractivity contribution is 6.31. The molecule has 2 aromatic carbocycles. The summed E-state index contributed by atoms with van der Waals surface area (Å²) in [6.07, 6.45) is 1.41. The van der Waals surface area contributed by atoms with Crippen LogP contribution in [0.2, 0.25) is 5.02 Å². The van der Waals surface area contributed by atoms with Crippen molar-refractivity contribution in [1.82, 2.24) is 10.2 Å². The molecule has 1 heterocycles. The first-order chi connectivity index (χ1) is 13.3. The number of aryl methyl sites for hydroxylation is 1. The number of nitrogens with one attached hydrogen (secondary N) is 1. The van der Waals surface area contributed by atoms with Gasteiger partial charge >= 0.3 is 6.03 Å². The minimum atomic E-state index is -0.463. The molecule has 1 aliphatic rings. The molecule has 6 nitrogen and oxygen atoms in total. The topological polar surface area (TPSA) is 95.7 Å². The summed E-state index contributed by atoms with van der Waals surface area (Å²) in [5, 5.41) is 13.6. The molecule has 4 N–H and O–H groups in total. The summed E-state index contributed by atoms with van der Waals surface area (Å²) >= 11 is 6.05. The van der Waals surface area contributed by atoms with Crippen molar-refractivity contribution in [1.29, 1.82) is 0 Å². The molecule has 28 heavy (non-hydrogen) atoms. The maximum Gasteiger partial charge on any atom is 0.317 e. The average molecular weight is 402 g/mol. The highest BCUT2D eigenvalue weighted by atomic mass is 35.5. The van der Waals surface area contributed by atoms with Crippen LogP contribution in [-0.2, 0) is 6.42 Å². The summed E-state index contributed by atoms with van der Waals surface area (Å²) < 4.78 is 0. The van der Waals surface area contributed by atoms with Crippen molar-refractivity contribution >= 4 is 23.5 Å². The smallest absolute Gasteiger partial charge is 0.317 e. The summed E-state index contributed by atoms with van der Waals surface area (Å²) in [4.78, 5) is 25.4. The van der Waals surface area contributed by atoms with E-state index < -0.39 is 5.91 Å². The Bertz CT molecular complexity index is 900. The van der Waals surface area contributed by atoms with Gasteiger partial charge in [-0.15, -0.1) is 0 Å². The molecular formula is C21H24ClN3O3. The molecule has 3 rings (SSSR count). The van der Waals surface area contributed by atoms with Crippen LogP contribution in [-0.4, -0.2) is 41.6 Å². The van der Waals surface area contributed by atoms with Crippen LogP contribution in [0.15, 0.2) is 36.4 Å². The molecule has 3 amide bonds. The molecule has 0 aromatic heterocycles. The molecule has 0 saturated carbocycles. The normalized spacial score (nSPS) is 16.2. The third-order valence-corrected chi connectivity index (χ3v) is 5.53. The predicted octanol–water partition coefficient (Wildman–Crippen LogP) is 3.19. The van der Waals surface area contributed by atoms with Gasteiger partial charge in [0, 0.05) is 36.1 Å². The van der Waals surface area contributed by atoms with Crippen molar-refractivity contribution in [3.8, 4) is 5.75 Å². The highest BCUT2D eigenvalue weighted by Crippen LogP contribution is 2.36. The van der Waals surface area contributed by atoms with Crippen LogP contribution in [0.1, 0.15) is 39.4 Å². The zero-order valence-corrected chi connectivity index (χ0v) is 16.5. The molecule has 1 aliphatic heterocycles. The third kappa shape index (κ3) is 4.57. The number of halogens is 1. The Balaban J connectivity index is 1.53. The van der Waals surface area contributed by atoms with Gasteiger partial charge in [-0.05, 0) is 54.7 Å². The number of urea groups is 1. The molecule has 0 aliphatic carbocycles. The van der Waals surface area contributed by atoms with Crippen molar-refractivity contribution in [2.24, 2.45) is 5.73 Å². The lowest BCUT2D eigenvalue weighted by Crippen LogP contribution is -2.39. The van der Waals surface area contributed by atoms with E-state index in [1.807, 2.05) is 19.1 Å². The number of phenols is 1. The van der Waals surface area contributed by atoms with Gasteiger partial charge in [-0.1, -0.05) is 29.8 Å². The van der Waals surface area contributed by atoms with Gasteiger partial charge in [-0.25, -0.2) is 4.79 Å². The molecule has 2 aromatic rings. The zero-order valence-electron chi connectivity index (χ0n) is 15.7. The number of phenolic OH excluding ortho intramolecular Hbond substituents is 1. The Morgan fingerprint density at radius 2 is 2.11 bits per heavy atom. The standard InChI is InChI=1S/C21H24ClN3O3/c1-13-9-17(19(26)11-18(13)22)16-6-8-25(12-16)21(28)24-7-5-14-3-2-4-15(10-14)20(23)27/h2-4,9-11,16,26H,5-8,12H2,1H3,(H2,23,27)(H,24,28). The van der Waals surface area contributed by atoms with E-state index in [9.17, 15) is 14.7 Å². The Hall–Kier alpha value is -2.73. The number of primary amides is 1. The number of amides is 3. The van der Waals surface area contributed by atoms with Gasteiger partial charge in [0.05, 0.1) is 0 Å². The van der Waals surface area contributed by atoms with Crippen LogP contribution in [0.25, 0.3) is 0 Å². The van der Waals surface area contributed by atoms with E-state index in [1.54, 1.807) is 29.2 Å². The number of nitrogens with zero attached hydrogens (tertiary/aromatic N) is 1. The van der Waals surface area contributed by atoms with E-state index >= 15 is 0 Å². The predicted molar refractivity (Wildman–Crippen MR) is 109 cm³/mol. The molecule has 148 valence electrons. The van der Waals surface area contributed by atoms with E-state index in [2.05, 4.69) is 5.32 Å². The summed E-state index contributed by atoms with van der Waals surface area (Å²) in [6, 6.07) is 10.4. The molecule has 1 saturated heterocycles. The molecular weight excluding hydrogens is 378 g/mol. The second kappa shape index (κ2) is 8.52. The van der Waals surface area contributed by atoms with Crippen LogP contribution >= 0.6 is 11.6 Å². The van der Waals surface area contributed by atoms with Gasteiger partial charge in [0.15, 0.2) is 0 Å². The Morgan fingerprint density at radius 3 is 2.86 bits per heavy atom. The molecule has 1 unspecified atom stereocenters. The fraction of sp³-hybridized carbons (Fsp3) is 0.333. The Morgan fingerprint density at radius 1 is 1.32 bits per heavy atom. The number of nitrogens with two attached hydrogens (primary N) is 1. The second-order valence-electron chi connectivity index (χ2n) is 7.14. The monoisotopic (exact) mass is 401 g/mol. The lowest BCUT2D eigenvalue weighted by molar-refractivity contribution is 0.1000. The van der Waals surface area contributed by atoms with Crippen LogP contribution in [0, 0.1) is 6.92 Å². The van der Waals surface area contributed by atoms with Crippen LogP contribution < -0.4 is 11.1 Å². The van der Waals surface area contributed by atoms with Gasteiger partial charge in [-0.2, -0.15) is 0 Å². The van der Waals surface area contributed by atoms with E-state index in [0.717, 1.165) is 23.1 Å². The number of carbonyl (C=O) groups is 2. The minimum Gasteiger partial charge on any atom is -0.508 e. The fourth-order valence-electron chi connectivity index (χ4n) is 3.52. The largest absolute Gasteiger partial charge is 0.508 e. The fourth-order valence-corrected chi connectivity index (χ4v) is 3.68. The summed E-state index contributed by atoms with van der Waals surface area (Å²) in [5.41, 5.74) is 8.44. The highest BCUT2D eigenvalue weighted by Gasteiger charge is 2.29. The Labute approximate surface area is 169 Å². The minimum absolute atomic E-state index is 0.0916. The van der Waals surface area contributed by atoms with Crippen molar-refractivity contribution < 1.29 is 14.7 Å². The SMILES string of the molecule is Cc1cc(C2CCN(C(=O)NCCc3cccc(C(N)=O)c3)C2)c(O)cc1Cl. The first-order valence-corrected chi connectivity index (χ1v) is 9.63. The van der Waals surface area contributed by atoms with Gasteiger partial charge < -0.3 is 21.1 Å². The van der Waals surface area contributed by atoms with E-state index in [0.29, 0.717) is 36.6 Å². The lowest BCUT2D eigenvalue weighted by Gasteiger charge is -2.18. The number of likely N-dealkylation sites (tertiary alicyclic amines) is 1. The summed E-state index contributed by atoms with van der Waals surface area (Å²) in [6.45, 7) is 3.55. The second-order valence-corrected chi connectivity index (χ2v) is 7.55. The van der Waals surface area contributed by atoms with Crippen LogP contribution in [0.3, 0.4) is 0 Å². The molecule has 0 spiro atoms. The average Bonchev–Trinajstić information content (AvgIpc) is 3.15. The quantitative estimate of drug-likeness (QED) is 0.717. The van der Waals surface area contributed by atoms with Gasteiger partial charge in [-0.3, -0.25) is 4.79 Å². The molecule has 7 heteroatoms. The van der Waals surface area contributed by atoms with E-state index in [4.69, 9.17) is 17.3 Å². The van der Waals surface area contributed by atoms with E-state index in [1.165, 1.54) is 0 Å². The first-order valence-electron chi connectivity index (χ1n) is 9.25. The molecule has 1 fully saturated rings. The van der Waals surface area contributed by atoms with E-state index in [-0.39, 0.29) is 17.7 Å². The van der Waals surface area contributed by atoms with Crippen molar-refractivity contribution in [3.05, 3.63) is 63.7 Å². The number of aromatic hydroxyl groups is 1. The van der Waals surface area contributed by atoms with Crippen LogP contribution in [0.5, 0.6) is 5.75 Å².